The molecular weight excluding hydrogens is 288 g/mol. The van der Waals surface area contributed by atoms with E-state index < -0.39 is 0 Å². The molecule has 118 valence electrons. The minimum absolute atomic E-state index is 0.390. The van der Waals surface area contributed by atoms with Crippen molar-refractivity contribution in [3.8, 4) is 0 Å². The van der Waals surface area contributed by atoms with Gasteiger partial charge in [0.05, 0.1) is 5.37 Å². The van der Waals surface area contributed by atoms with E-state index in [4.69, 9.17) is 5.73 Å². The molecule has 22 heavy (non-hydrogen) atoms. The molecule has 0 amide bonds. The average molecular weight is 314 g/mol. The number of thioether (sulfide) groups is 1. The average Bonchev–Trinajstić information content (AvgIpc) is 2.85. The monoisotopic (exact) mass is 314 g/mol. The predicted octanol–water partition coefficient (Wildman–Crippen LogP) is 4.54. The van der Waals surface area contributed by atoms with Crippen LogP contribution in [-0.2, 0) is 0 Å². The molecule has 3 rings (SSSR count). The van der Waals surface area contributed by atoms with E-state index in [0.29, 0.717) is 18.0 Å². The maximum Gasteiger partial charge on any atom is 0.0982 e. The first-order valence-corrected chi connectivity index (χ1v) is 9.33. The van der Waals surface area contributed by atoms with Crippen LogP contribution < -0.4 is 5.73 Å². The molecule has 1 unspecified atom stereocenters. The van der Waals surface area contributed by atoms with E-state index in [1.807, 2.05) is 11.8 Å². The molecule has 1 aromatic rings. The van der Waals surface area contributed by atoms with Crippen LogP contribution in [0.25, 0.3) is 0 Å². The molecule has 1 fully saturated rings. The third-order valence-corrected chi connectivity index (χ3v) is 5.75. The van der Waals surface area contributed by atoms with Crippen LogP contribution in [0, 0.1) is 0 Å². The molecule has 2 nitrogen and oxygen atoms in total. The van der Waals surface area contributed by atoms with Gasteiger partial charge in [0, 0.05) is 23.7 Å². The van der Waals surface area contributed by atoms with E-state index in [1.165, 1.54) is 49.0 Å². The van der Waals surface area contributed by atoms with Gasteiger partial charge in [0.2, 0.25) is 0 Å². The number of benzene rings is 1. The minimum atomic E-state index is 0.390. The van der Waals surface area contributed by atoms with Crippen molar-refractivity contribution in [2.24, 2.45) is 5.73 Å². The van der Waals surface area contributed by atoms with Gasteiger partial charge in [-0.15, -0.1) is 0 Å². The summed E-state index contributed by atoms with van der Waals surface area (Å²) >= 11 is 1.94. The lowest BCUT2D eigenvalue weighted by Crippen LogP contribution is -2.38. The molecule has 1 aromatic carbocycles. The van der Waals surface area contributed by atoms with E-state index in [0.717, 1.165) is 0 Å². The molecule has 1 heterocycles. The second-order valence-corrected chi connectivity index (χ2v) is 7.37. The summed E-state index contributed by atoms with van der Waals surface area (Å²) in [7, 11) is 0. The summed E-state index contributed by atoms with van der Waals surface area (Å²) in [4.78, 5) is 3.91. The number of hydrogen-bond acceptors (Lipinski definition) is 3. The Balaban J connectivity index is 1.77. The summed E-state index contributed by atoms with van der Waals surface area (Å²) in [6.07, 6.45) is 15.0. The van der Waals surface area contributed by atoms with Crippen LogP contribution in [0.15, 0.2) is 59.2 Å². The van der Waals surface area contributed by atoms with E-state index >= 15 is 0 Å². The maximum atomic E-state index is 5.87. The zero-order valence-electron chi connectivity index (χ0n) is 13.2. The van der Waals surface area contributed by atoms with Gasteiger partial charge < -0.3 is 10.6 Å². The lowest BCUT2D eigenvalue weighted by Gasteiger charge is -2.38. The van der Waals surface area contributed by atoms with Crippen LogP contribution >= 0.6 is 11.8 Å². The highest BCUT2D eigenvalue weighted by atomic mass is 32.2. The van der Waals surface area contributed by atoms with Gasteiger partial charge >= 0.3 is 0 Å². The van der Waals surface area contributed by atoms with Gasteiger partial charge in [-0.2, -0.15) is 0 Å². The Morgan fingerprint density at radius 2 is 1.77 bits per heavy atom. The standard InChI is InChI=1S/C19H26N2S/c20-14-16-12-13-19(22-18-10-6-3-7-11-18)21(15-16)17-8-4-1-2-5-9-17/h3,6-7,10-13,15,17,19H,1-2,4-5,8-9,14,20H2. The molecule has 2 N–H and O–H groups in total. The Kier molecular flexibility index (Phi) is 5.63. The fraction of sp³-hybridized carbons (Fsp3) is 0.474. The predicted molar refractivity (Wildman–Crippen MR) is 95.7 cm³/mol. The molecule has 0 aromatic heterocycles. The zero-order chi connectivity index (χ0) is 15.2. The third-order valence-electron chi connectivity index (χ3n) is 4.57. The van der Waals surface area contributed by atoms with Crippen molar-refractivity contribution < 1.29 is 0 Å². The van der Waals surface area contributed by atoms with Crippen molar-refractivity contribution in [2.45, 2.75) is 54.8 Å². The van der Waals surface area contributed by atoms with Crippen LogP contribution in [0.3, 0.4) is 0 Å². The fourth-order valence-corrected chi connectivity index (χ4v) is 4.45. The lowest BCUT2D eigenvalue weighted by atomic mass is 10.1. The molecule has 1 saturated carbocycles. The molecule has 2 aliphatic rings. The highest BCUT2D eigenvalue weighted by Crippen LogP contribution is 2.34. The minimum Gasteiger partial charge on any atom is -0.359 e. The Labute approximate surface area is 138 Å². The Morgan fingerprint density at radius 1 is 1.05 bits per heavy atom. The Bertz CT molecular complexity index is 515. The number of nitrogens with zero attached hydrogens (tertiary/aromatic N) is 1. The van der Waals surface area contributed by atoms with Crippen LogP contribution in [0.5, 0.6) is 0 Å². The molecule has 1 atom stereocenters. The van der Waals surface area contributed by atoms with Crippen LogP contribution in [0.2, 0.25) is 0 Å². The highest BCUT2D eigenvalue weighted by molar-refractivity contribution is 8.00. The third kappa shape index (κ3) is 3.96. The largest absolute Gasteiger partial charge is 0.359 e. The zero-order valence-corrected chi connectivity index (χ0v) is 14.0. The highest BCUT2D eigenvalue weighted by Gasteiger charge is 2.26. The second-order valence-electron chi connectivity index (χ2n) is 6.18. The van der Waals surface area contributed by atoms with Crippen LogP contribution in [-0.4, -0.2) is 22.9 Å². The van der Waals surface area contributed by atoms with Crippen molar-refractivity contribution in [1.82, 2.24) is 4.90 Å². The van der Waals surface area contributed by atoms with Crippen LogP contribution in [0.1, 0.15) is 38.5 Å². The first-order valence-electron chi connectivity index (χ1n) is 8.45. The molecular formula is C19H26N2S. The first kappa shape index (κ1) is 15.7. The maximum absolute atomic E-state index is 5.87. The van der Waals surface area contributed by atoms with Crippen molar-refractivity contribution >= 4 is 11.8 Å². The molecule has 0 bridgehead atoms. The molecule has 3 heteroatoms. The summed E-state index contributed by atoms with van der Waals surface area (Å²) in [6.45, 7) is 0.627. The molecule has 0 radical (unpaired) electrons. The summed E-state index contributed by atoms with van der Waals surface area (Å²) in [5, 5.41) is 0.390. The lowest BCUT2D eigenvalue weighted by molar-refractivity contribution is 0.254. The van der Waals surface area contributed by atoms with Gasteiger partial charge in [-0.3, -0.25) is 0 Å². The number of hydrogen-bond donors (Lipinski definition) is 1. The van der Waals surface area contributed by atoms with Gasteiger partial charge in [0.1, 0.15) is 0 Å². The van der Waals surface area contributed by atoms with Gasteiger partial charge in [-0.1, -0.05) is 67.8 Å². The topological polar surface area (TPSA) is 29.3 Å². The van der Waals surface area contributed by atoms with Gasteiger partial charge in [-0.05, 0) is 30.5 Å². The van der Waals surface area contributed by atoms with Gasteiger partial charge in [-0.25, -0.2) is 0 Å². The van der Waals surface area contributed by atoms with Crippen molar-refractivity contribution in [3.05, 3.63) is 54.3 Å². The SMILES string of the molecule is NCC1=CN(C2CCCCCC2)C(Sc2ccccc2)C=C1. The number of nitrogens with two attached hydrogens (primary N) is 1. The first-order chi connectivity index (χ1) is 10.9. The van der Waals surface area contributed by atoms with Crippen molar-refractivity contribution in [1.29, 1.82) is 0 Å². The summed E-state index contributed by atoms with van der Waals surface area (Å²) in [6, 6.07) is 11.4. The van der Waals surface area contributed by atoms with Gasteiger partial charge in [0.15, 0.2) is 0 Å². The van der Waals surface area contributed by atoms with Crippen molar-refractivity contribution in [3.63, 3.8) is 0 Å². The molecule has 1 aliphatic carbocycles. The quantitative estimate of drug-likeness (QED) is 0.827. The van der Waals surface area contributed by atoms with E-state index in [9.17, 15) is 0 Å². The normalized spacial score (nSPS) is 23.2. The second kappa shape index (κ2) is 7.89. The summed E-state index contributed by atoms with van der Waals surface area (Å²) in [5.74, 6) is 0. The van der Waals surface area contributed by atoms with E-state index in [-0.39, 0.29) is 0 Å². The van der Waals surface area contributed by atoms with E-state index in [1.54, 1.807) is 0 Å². The summed E-state index contributed by atoms with van der Waals surface area (Å²) < 4.78 is 0. The molecule has 0 spiro atoms. The Morgan fingerprint density at radius 3 is 2.45 bits per heavy atom. The smallest absolute Gasteiger partial charge is 0.0982 e. The summed E-state index contributed by atoms with van der Waals surface area (Å²) in [5.41, 5.74) is 7.12. The fourth-order valence-electron chi connectivity index (χ4n) is 3.34. The number of rotatable bonds is 4. The Hall–Kier alpha value is -1.19. The van der Waals surface area contributed by atoms with Gasteiger partial charge in [0.25, 0.3) is 0 Å². The van der Waals surface area contributed by atoms with E-state index in [2.05, 4.69) is 53.6 Å². The molecule has 1 aliphatic heterocycles. The molecule has 0 saturated heterocycles. The van der Waals surface area contributed by atoms with Crippen LogP contribution in [0.4, 0.5) is 0 Å². The van der Waals surface area contributed by atoms with Crippen molar-refractivity contribution in [2.75, 3.05) is 6.54 Å².